The molecule has 0 atom stereocenters. The van der Waals surface area contributed by atoms with Gasteiger partial charge in [-0.05, 0) is 56.7 Å². The lowest BCUT2D eigenvalue weighted by Crippen LogP contribution is -2.22. The van der Waals surface area contributed by atoms with Gasteiger partial charge in [0.25, 0.3) is 0 Å². The zero-order chi connectivity index (χ0) is 18.5. The summed E-state index contributed by atoms with van der Waals surface area (Å²) in [7, 11) is 0. The van der Waals surface area contributed by atoms with Crippen LogP contribution in [0, 0.1) is 6.92 Å². The zero-order valence-electron chi connectivity index (χ0n) is 15.2. The number of nitrogens with zero attached hydrogens (tertiary/aromatic N) is 3. The molecule has 0 radical (unpaired) electrons. The van der Waals surface area contributed by atoms with Crippen LogP contribution in [0.25, 0.3) is 11.5 Å². The van der Waals surface area contributed by atoms with E-state index in [0.29, 0.717) is 5.89 Å². The van der Waals surface area contributed by atoms with Crippen molar-refractivity contribution in [2.24, 2.45) is 0 Å². The van der Waals surface area contributed by atoms with Crippen LogP contribution in [0.2, 0.25) is 0 Å². The van der Waals surface area contributed by atoms with Crippen LogP contribution in [0.4, 0.5) is 11.4 Å². The van der Waals surface area contributed by atoms with Gasteiger partial charge in [-0.2, -0.15) is 0 Å². The molecule has 26 heavy (non-hydrogen) atoms. The summed E-state index contributed by atoms with van der Waals surface area (Å²) < 4.78 is 5.50. The number of benzene rings is 2. The maximum Gasteiger partial charge on any atom is 0.313 e. The average molecular weight is 350 g/mol. The van der Waals surface area contributed by atoms with Gasteiger partial charge in [-0.1, -0.05) is 18.2 Å². The van der Waals surface area contributed by atoms with Crippen molar-refractivity contribution in [2.75, 3.05) is 23.3 Å². The van der Waals surface area contributed by atoms with Crippen LogP contribution in [-0.2, 0) is 0 Å². The fraction of sp³-hybridized carbons (Fsp3) is 0.250. The average Bonchev–Trinajstić information content (AvgIpc) is 3.16. The molecule has 0 bridgehead atoms. The molecule has 0 unspecified atom stereocenters. The molecule has 0 fully saturated rings. The molecule has 6 heteroatoms. The van der Waals surface area contributed by atoms with Gasteiger partial charge in [-0.25, -0.2) is 0 Å². The van der Waals surface area contributed by atoms with Crippen molar-refractivity contribution in [3.8, 4) is 11.5 Å². The van der Waals surface area contributed by atoms with E-state index in [4.69, 9.17) is 4.42 Å². The van der Waals surface area contributed by atoms with Crippen LogP contribution in [0.5, 0.6) is 0 Å². The summed E-state index contributed by atoms with van der Waals surface area (Å²) in [6.07, 6.45) is 0. The van der Waals surface area contributed by atoms with Crippen molar-refractivity contribution in [1.29, 1.82) is 0 Å². The summed E-state index contributed by atoms with van der Waals surface area (Å²) in [5.41, 5.74) is 3.62. The largest absolute Gasteiger partial charge is 0.412 e. The molecule has 0 saturated carbocycles. The zero-order valence-corrected chi connectivity index (χ0v) is 15.2. The molecular formula is C20H22N4O2. The van der Waals surface area contributed by atoms with Gasteiger partial charge >= 0.3 is 11.8 Å². The third-order valence-corrected chi connectivity index (χ3v) is 4.23. The summed E-state index contributed by atoms with van der Waals surface area (Å²) in [6.45, 7) is 8.08. The first-order valence-corrected chi connectivity index (χ1v) is 8.68. The Balaban J connectivity index is 1.75. The van der Waals surface area contributed by atoms with Gasteiger partial charge in [0, 0.05) is 30.0 Å². The van der Waals surface area contributed by atoms with Crippen LogP contribution in [0.15, 0.2) is 52.9 Å². The van der Waals surface area contributed by atoms with Crippen LogP contribution < -0.4 is 10.2 Å². The molecule has 6 nitrogen and oxygen atoms in total. The van der Waals surface area contributed by atoms with Gasteiger partial charge in [-0.15, -0.1) is 10.2 Å². The first kappa shape index (κ1) is 17.7. The molecule has 1 heterocycles. The SMILES string of the molecule is CCN(CC)c1ccc(NC(=O)c2nnc(-c3ccccc3)o2)c(C)c1. The molecule has 0 aliphatic carbocycles. The van der Waals surface area contributed by atoms with Crippen LogP contribution in [-0.4, -0.2) is 29.2 Å². The predicted molar refractivity (Wildman–Crippen MR) is 102 cm³/mol. The van der Waals surface area contributed by atoms with E-state index >= 15 is 0 Å². The molecule has 1 amide bonds. The Morgan fingerprint density at radius 3 is 2.46 bits per heavy atom. The van der Waals surface area contributed by atoms with Crippen molar-refractivity contribution in [3.05, 3.63) is 60.0 Å². The lowest BCUT2D eigenvalue weighted by molar-refractivity contribution is 0.0990. The minimum Gasteiger partial charge on any atom is -0.412 e. The minimum absolute atomic E-state index is 0.0592. The molecule has 0 aliphatic heterocycles. The molecule has 0 aliphatic rings. The standard InChI is InChI=1S/C20H22N4O2/c1-4-24(5-2)16-11-12-17(14(3)13-16)21-18(25)20-23-22-19(26-20)15-9-7-6-8-10-15/h6-13H,4-5H2,1-3H3,(H,21,25). The summed E-state index contributed by atoms with van der Waals surface area (Å²) in [5.74, 6) is -0.154. The third kappa shape index (κ3) is 3.74. The Hall–Kier alpha value is -3.15. The Kier molecular flexibility index (Phi) is 5.31. The molecule has 2 aromatic carbocycles. The number of anilines is 2. The second-order valence-corrected chi connectivity index (χ2v) is 5.90. The van der Waals surface area contributed by atoms with Crippen molar-refractivity contribution in [3.63, 3.8) is 0 Å². The number of carbonyl (C=O) groups excluding carboxylic acids is 1. The first-order chi connectivity index (χ1) is 12.6. The quantitative estimate of drug-likeness (QED) is 0.723. The highest BCUT2D eigenvalue weighted by Crippen LogP contribution is 2.23. The summed E-state index contributed by atoms with van der Waals surface area (Å²) >= 11 is 0. The second-order valence-electron chi connectivity index (χ2n) is 5.90. The van der Waals surface area contributed by atoms with Gasteiger partial charge in [0.15, 0.2) is 0 Å². The number of amides is 1. The smallest absolute Gasteiger partial charge is 0.313 e. The van der Waals surface area contributed by atoms with E-state index in [9.17, 15) is 4.79 Å². The van der Waals surface area contributed by atoms with Crippen LogP contribution in [0.1, 0.15) is 30.1 Å². The highest BCUT2D eigenvalue weighted by Gasteiger charge is 2.17. The fourth-order valence-electron chi connectivity index (χ4n) is 2.76. The number of aromatic nitrogens is 2. The Bertz CT molecular complexity index is 886. The lowest BCUT2D eigenvalue weighted by atomic mass is 10.1. The minimum atomic E-state index is -0.418. The lowest BCUT2D eigenvalue weighted by Gasteiger charge is -2.22. The van der Waals surface area contributed by atoms with Gasteiger partial charge < -0.3 is 14.6 Å². The molecule has 1 N–H and O–H groups in total. The second kappa shape index (κ2) is 7.82. The maximum absolute atomic E-state index is 12.4. The molecule has 134 valence electrons. The van der Waals surface area contributed by atoms with Crippen molar-refractivity contribution in [2.45, 2.75) is 20.8 Å². The van der Waals surface area contributed by atoms with E-state index < -0.39 is 5.91 Å². The van der Waals surface area contributed by atoms with E-state index in [1.807, 2.05) is 49.4 Å². The third-order valence-electron chi connectivity index (χ3n) is 4.23. The highest BCUT2D eigenvalue weighted by atomic mass is 16.4. The fourth-order valence-corrected chi connectivity index (χ4v) is 2.76. The Morgan fingerprint density at radius 2 is 1.81 bits per heavy atom. The number of aryl methyl sites for hydroxylation is 1. The molecular weight excluding hydrogens is 328 g/mol. The molecule has 3 aromatic rings. The number of rotatable bonds is 6. The number of hydrogen-bond acceptors (Lipinski definition) is 5. The van der Waals surface area contributed by atoms with Crippen LogP contribution >= 0.6 is 0 Å². The van der Waals surface area contributed by atoms with Crippen molar-refractivity contribution < 1.29 is 9.21 Å². The first-order valence-electron chi connectivity index (χ1n) is 8.68. The summed E-state index contributed by atoms with van der Waals surface area (Å²) in [4.78, 5) is 14.7. The van der Waals surface area contributed by atoms with Gasteiger partial charge in [0.05, 0.1) is 0 Å². The highest BCUT2D eigenvalue weighted by molar-refractivity contribution is 6.01. The molecule has 1 aromatic heterocycles. The number of nitrogens with one attached hydrogen (secondary N) is 1. The van der Waals surface area contributed by atoms with Gasteiger partial charge in [-0.3, -0.25) is 4.79 Å². The molecule has 0 spiro atoms. The number of hydrogen-bond donors (Lipinski definition) is 1. The van der Waals surface area contributed by atoms with Gasteiger partial charge in [0.2, 0.25) is 5.89 Å². The Morgan fingerprint density at radius 1 is 1.08 bits per heavy atom. The van der Waals surface area contributed by atoms with E-state index in [2.05, 4.69) is 40.3 Å². The Labute approximate surface area is 152 Å². The van der Waals surface area contributed by atoms with E-state index in [1.54, 1.807) is 0 Å². The van der Waals surface area contributed by atoms with Crippen molar-refractivity contribution >= 4 is 17.3 Å². The molecule has 0 saturated heterocycles. The topological polar surface area (TPSA) is 71.3 Å². The normalized spacial score (nSPS) is 10.6. The number of carbonyl (C=O) groups is 1. The van der Waals surface area contributed by atoms with Crippen LogP contribution in [0.3, 0.4) is 0 Å². The van der Waals surface area contributed by atoms with Crippen molar-refractivity contribution in [1.82, 2.24) is 10.2 Å². The molecule has 3 rings (SSSR count). The summed E-state index contributed by atoms with van der Waals surface area (Å²) in [6, 6.07) is 15.3. The van der Waals surface area contributed by atoms with E-state index in [0.717, 1.165) is 35.6 Å². The van der Waals surface area contributed by atoms with E-state index in [-0.39, 0.29) is 5.89 Å². The van der Waals surface area contributed by atoms with E-state index in [1.165, 1.54) is 0 Å². The van der Waals surface area contributed by atoms with Gasteiger partial charge in [0.1, 0.15) is 0 Å². The predicted octanol–water partition coefficient (Wildman–Crippen LogP) is 4.14. The maximum atomic E-state index is 12.4. The monoisotopic (exact) mass is 350 g/mol. The summed E-state index contributed by atoms with van der Waals surface area (Å²) in [5, 5.41) is 10.6.